The standard InChI is InChI=1S/C11H16O/c12-10-5-8-3-7-1-2-11(8)9(4-7)6-10/h7-9,11H,1-6H2. The molecule has 0 spiro atoms. The zero-order valence-corrected chi connectivity index (χ0v) is 7.46. The minimum absolute atomic E-state index is 0.557. The van der Waals surface area contributed by atoms with Gasteiger partial charge in [-0.05, 0) is 42.9 Å². The zero-order chi connectivity index (χ0) is 8.13. The lowest BCUT2D eigenvalue weighted by Gasteiger charge is -2.50. The third kappa shape index (κ3) is 0.884. The SMILES string of the molecule is O=C1CC2CC3CCC2C(C1)C3. The van der Waals surface area contributed by atoms with Crippen molar-refractivity contribution in [3.05, 3.63) is 0 Å². The number of ketones is 1. The van der Waals surface area contributed by atoms with Gasteiger partial charge >= 0.3 is 0 Å². The molecule has 4 saturated carbocycles. The highest BCUT2D eigenvalue weighted by Gasteiger charge is 2.45. The first-order valence-electron chi connectivity index (χ1n) is 5.34. The van der Waals surface area contributed by atoms with E-state index in [1.807, 2.05) is 0 Å². The maximum atomic E-state index is 11.4. The van der Waals surface area contributed by atoms with Gasteiger partial charge in [-0.25, -0.2) is 0 Å². The molecule has 0 N–H and O–H groups in total. The van der Waals surface area contributed by atoms with Gasteiger partial charge in [0.1, 0.15) is 5.78 Å². The third-order valence-electron chi connectivity index (χ3n) is 4.37. The van der Waals surface area contributed by atoms with E-state index in [1.165, 1.54) is 25.7 Å². The van der Waals surface area contributed by atoms with E-state index in [1.54, 1.807) is 0 Å². The van der Waals surface area contributed by atoms with Crippen LogP contribution in [-0.2, 0) is 4.79 Å². The first kappa shape index (κ1) is 7.11. The molecule has 0 aromatic heterocycles. The highest BCUT2D eigenvalue weighted by molar-refractivity contribution is 5.80. The van der Waals surface area contributed by atoms with E-state index in [0.29, 0.717) is 5.78 Å². The van der Waals surface area contributed by atoms with E-state index in [4.69, 9.17) is 0 Å². The van der Waals surface area contributed by atoms with Crippen LogP contribution in [0, 0.1) is 23.7 Å². The Morgan fingerprint density at radius 1 is 1.00 bits per heavy atom. The average molecular weight is 164 g/mol. The first-order valence-corrected chi connectivity index (χ1v) is 5.34. The molecule has 0 amide bonds. The minimum Gasteiger partial charge on any atom is -0.300 e. The fourth-order valence-electron chi connectivity index (χ4n) is 3.96. The second-order valence-corrected chi connectivity index (χ2v) is 5.05. The van der Waals surface area contributed by atoms with Crippen LogP contribution in [0.15, 0.2) is 0 Å². The van der Waals surface area contributed by atoms with Gasteiger partial charge in [-0.1, -0.05) is 6.42 Å². The van der Waals surface area contributed by atoms with Gasteiger partial charge in [0.2, 0.25) is 0 Å². The van der Waals surface area contributed by atoms with E-state index < -0.39 is 0 Å². The normalized spacial score (nSPS) is 51.2. The summed E-state index contributed by atoms with van der Waals surface area (Å²) in [7, 11) is 0. The highest BCUT2D eigenvalue weighted by Crippen LogP contribution is 2.53. The average Bonchev–Trinajstić information content (AvgIpc) is 2.03. The fourth-order valence-corrected chi connectivity index (χ4v) is 3.96. The van der Waals surface area contributed by atoms with Crippen LogP contribution >= 0.6 is 0 Å². The number of carbonyl (C=O) groups excluding carboxylic acids is 1. The summed E-state index contributed by atoms with van der Waals surface area (Å²) in [6.07, 6.45) is 7.52. The van der Waals surface area contributed by atoms with Crippen LogP contribution in [0.2, 0.25) is 0 Å². The molecule has 2 atom stereocenters. The topological polar surface area (TPSA) is 17.1 Å². The number of Topliss-reactive ketones (excluding diaryl/α,β-unsaturated/α-hetero) is 1. The van der Waals surface area contributed by atoms with Crippen molar-refractivity contribution < 1.29 is 4.79 Å². The molecule has 0 radical (unpaired) electrons. The summed E-state index contributed by atoms with van der Waals surface area (Å²) in [6.45, 7) is 0. The van der Waals surface area contributed by atoms with E-state index in [-0.39, 0.29) is 0 Å². The van der Waals surface area contributed by atoms with Crippen molar-refractivity contribution in [3.8, 4) is 0 Å². The number of rotatable bonds is 0. The van der Waals surface area contributed by atoms with Crippen molar-refractivity contribution in [2.45, 2.75) is 38.5 Å². The van der Waals surface area contributed by atoms with Crippen molar-refractivity contribution in [1.29, 1.82) is 0 Å². The fraction of sp³-hybridized carbons (Fsp3) is 0.909. The van der Waals surface area contributed by atoms with Gasteiger partial charge in [0, 0.05) is 12.8 Å². The predicted octanol–water partition coefficient (Wildman–Crippen LogP) is 2.40. The molecule has 66 valence electrons. The Balaban J connectivity index is 1.89. The van der Waals surface area contributed by atoms with Crippen LogP contribution in [0.5, 0.6) is 0 Å². The summed E-state index contributed by atoms with van der Waals surface area (Å²) in [5.74, 6) is 4.12. The Morgan fingerprint density at radius 3 is 2.25 bits per heavy atom. The molecule has 12 heavy (non-hydrogen) atoms. The van der Waals surface area contributed by atoms with Gasteiger partial charge in [-0.3, -0.25) is 4.79 Å². The van der Waals surface area contributed by atoms with Crippen molar-refractivity contribution in [3.63, 3.8) is 0 Å². The summed E-state index contributed by atoms with van der Waals surface area (Å²) in [5.41, 5.74) is 0. The van der Waals surface area contributed by atoms with Crippen molar-refractivity contribution in [1.82, 2.24) is 0 Å². The monoisotopic (exact) mass is 164 g/mol. The molecule has 1 heteroatoms. The van der Waals surface area contributed by atoms with Crippen LogP contribution in [-0.4, -0.2) is 5.78 Å². The van der Waals surface area contributed by atoms with Crippen molar-refractivity contribution >= 4 is 5.78 Å². The van der Waals surface area contributed by atoms with Crippen LogP contribution in [0.4, 0.5) is 0 Å². The molecule has 0 saturated heterocycles. The highest BCUT2D eigenvalue weighted by atomic mass is 16.1. The summed E-state index contributed by atoms with van der Waals surface area (Å²) in [5, 5.41) is 0. The van der Waals surface area contributed by atoms with Crippen LogP contribution < -0.4 is 0 Å². The largest absolute Gasteiger partial charge is 0.300 e. The van der Waals surface area contributed by atoms with E-state index >= 15 is 0 Å². The third-order valence-corrected chi connectivity index (χ3v) is 4.37. The Kier molecular flexibility index (Phi) is 1.38. The molecular formula is C11H16O. The molecule has 4 rings (SSSR count). The van der Waals surface area contributed by atoms with Gasteiger partial charge < -0.3 is 0 Å². The van der Waals surface area contributed by atoms with E-state index in [9.17, 15) is 4.79 Å². The number of hydrogen-bond acceptors (Lipinski definition) is 1. The first-order chi connectivity index (χ1) is 5.83. The van der Waals surface area contributed by atoms with Gasteiger partial charge in [-0.2, -0.15) is 0 Å². The van der Waals surface area contributed by atoms with Gasteiger partial charge in [0.25, 0.3) is 0 Å². The van der Waals surface area contributed by atoms with E-state index in [0.717, 1.165) is 36.5 Å². The molecule has 4 aliphatic carbocycles. The number of carbonyl (C=O) groups is 1. The molecule has 0 aromatic rings. The maximum absolute atomic E-state index is 11.4. The Labute approximate surface area is 73.5 Å². The molecule has 0 aliphatic heterocycles. The van der Waals surface area contributed by atoms with Gasteiger partial charge in [0.15, 0.2) is 0 Å². The lowest BCUT2D eigenvalue weighted by atomic mass is 9.54. The molecule has 4 aliphatic rings. The quantitative estimate of drug-likeness (QED) is 0.537. The lowest BCUT2D eigenvalue weighted by molar-refractivity contribution is -0.129. The summed E-state index contributed by atoms with van der Waals surface area (Å²) >= 11 is 0. The van der Waals surface area contributed by atoms with Gasteiger partial charge in [0.05, 0.1) is 0 Å². The molecular weight excluding hydrogens is 148 g/mol. The van der Waals surface area contributed by atoms with E-state index in [2.05, 4.69) is 0 Å². The van der Waals surface area contributed by atoms with Crippen molar-refractivity contribution in [2.24, 2.45) is 23.7 Å². The van der Waals surface area contributed by atoms with Crippen LogP contribution in [0.25, 0.3) is 0 Å². The van der Waals surface area contributed by atoms with Crippen LogP contribution in [0.1, 0.15) is 38.5 Å². The predicted molar refractivity (Wildman–Crippen MR) is 46.7 cm³/mol. The summed E-state index contributed by atoms with van der Waals surface area (Å²) in [4.78, 5) is 11.4. The van der Waals surface area contributed by atoms with Crippen molar-refractivity contribution in [2.75, 3.05) is 0 Å². The molecule has 1 nitrogen and oxygen atoms in total. The Bertz CT molecular complexity index is 203. The Morgan fingerprint density at radius 2 is 1.67 bits per heavy atom. The number of hydrogen-bond donors (Lipinski definition) is 0. The molecule has 4 bridgehead atoms. The smallest absolute Gasteiger partial charge is 0.133 e. The summed E-state index contributed by atoms with van der Waals surface area (Å²) in [6, 6.07) is 0. The lowest BCUT2D eigenvalue weighted by Crippen LogP contribution is -2.43. The minimum atomic E-state index is 0.557. The number of fused-ring (bicyclic) bond motifs is 1. The second-order valence-electron chi connectivity index (χ2n) is 5.05. The maximum Gasteiger partial charge on any atom is 0.133 e. The molecule has 2 unspecified atom stereocenters. The zero-order valence-electron chi connectivity index (χ0n) is 7.46. The molecule has 0 heterocycles. The molecule has 0 aromatic carbocycles. The van der Waals surface area contributed by atoms with Gasteiger partial charge in [-0.15, -0.1) is 0 Å². The van der Waals surface area contributed by atoms with Crippen LogP contribution in [0.3, 0.4) is 0 Å². The molecule has 4 fully saturated rings. The second kappa shape index (κ2) is 2.34. The Hall–Kier alpha value is -0.330. The summed E-state index contributed by atoms with van der Waals surface area (Å²) < 4.78 is 0.